The number of fused-ring (bicyclic) bond motifs is 1. The summed E-state index contributed by atoms with van der Waals surface area (Å²) in [6, 6.07) is 16.5. The van der Waals surface area contributed by atoms with Crippen molar-refractivity contribution in [2.75, 3.05) is 5.32 Å². The number of furan rings is 1. The first-order valence-electron chi connectivity index (χ1n) is 9.99. The molecule has 1 amide bonds. The molecular weight excluding hydrogens is 444 g/mol. The molecule has 33 heavy (non-hydrogen) atoms. The van der Waals surface area contributed by atoms with Crippen LogP contribution >= 0.6 is 11.3 Å². The topological polar surface area (TPSA) is 128 Å². The Morgan fingerprint density at radius 2 is 1.94 bits per heavy atom. The number of amides is 1. The molecule has 0 unspecified atom stereocenters. The van der Waals surface area contributed by atoms with Crippen molar-refractivity contribution >= 4 is 33.6 Å². The van der Waals surface area contributed by atoms with E-state index < -0.39 is 10.8 Å². The summed E-state index contributed by atoms with van der Waals surface area (Å²) in [5.74, 6) is 0.807. The first kappa shape index (κ1) is 20.5. The molecule has 1 N–H and O–H groups in total. The third kappa shape index (κ3) is 3.96. The Morgan fingerprint density at radius 1 is 1.12 bits per heavy atom. The highest BCUT2D eigenvalue weighted by atomic mass is 32.1. The molecule has 0 aliphatic heterocycles. The number of hydrogen-bond acceptors (Lipinski definition) is 8. The molecule has 0 saturated heterocycles. The van der Waals surface area contributed by atoms with E-state index in [0.717, 1.165) is 22.8 Å². The first-order valence-corrected chi connectivity index (χ1v) is 10.8. The van der Waals surface area contributed by atoms with Gasteiger partial charge in [0.1, 0.15) is 10.8 Å². The number of anilines is 1. The molecule has 3 aromatic heterocycles. The van der Waals surface area contributed by atoms with Crippen LogP contribution in [-0.2, 0) is 6.42 Å². The number of nitrogens with zero attached hydrogens (tertiary/aromatic N) is 5. The SMILES string of the molecule is CCc1nnc2sc(-c3cccc(NC(=O)c4ccc(-c5cccc([N+](=O)[O-])c5)o4)c3)nn12. The number of aromatic nitrogens is 4. The molecule has 0 aliphatic rings. The van der Waals surface area contributed by atoms with Crippen molar-refractivity contribution in [3.05, 3.63) is 82.4 Å². The van der Waals surface area contributed by atoms with Gasteiger partial charge in [-0.15, -0.1) is 10.2 Å². The largest absolute Gasteiger partial charge is 0.451 e. The molecule has 0 aliphatic carbocycles. The van der Waals surface area contributed by atoms with Crippen LogP contribution in [0, 0.1) is 10.1 Å². The lowest BCUT2D eigenvalue weighted by Gasteiger charge is -2.05. The van der Waals surface area contributed by atoms with Gasteiger partial charge < -0.3 is 9.73 Å². The first-order chi connectivity index (χ1) is 16.0. The lowest BCUT2D eigenvalue weighted by atomic mass is 10.1. The molecule has 11 heteroatoms. The van der Waals surface area contributed by atoms with Crippen molar-refractivity contribution in [1.82, 2.24) is 19.8 Å². The van der Waals surface area contributed by atoms with E-state index in [1.807, 2.05) is 25.1 Å². The average Bonchev–Trinajstić information content (AvgIpc) is 3.55. The Kier molecular flexibility index (Phi) is 5.15. The molecule has 0 spiro atoms. The fraction of sp³-hybridized carbons (Fsp3) is 0.0909. The molecule has 10 nitrogen and oxygen atoms in total. The van der Waals surface area contributed by atoms with Gasteiger partial charge in [-0.05, 0) is 24.3 Å². The van der Waals surface area contributed by atoms with Crippen molar-refractivity contribution < 1.29 is 14.1 Å². The summed E-state index contributed by atoms with van der Waals surface area (Å²) in [6.45, 7) is 1.99. The van der Waals surface area contributed by atoms with Gasteiger partial charge in [-0.1, -0.05) is 42.5 Å². The van der Waals surface area contributed by atoms with E-state index in [4.69, 9.17) is 4.42 Å². The van der Waals surface area contributed by atoms with Gasteiger partial charge in [0.2, 0.25) is 4.96 Å². The lowest BCUT2D eigenvalue weighted by molar-refractivity contribution is -0.384. The third-order valence-corrected chi connectivity index (χ3v) is 5.86. The summed E-state index contributed by atoms with van der Waals surface area (Å²) >= 11 is 1.41. The molecule has 2 aromatic carbocycles. The third-order valence-electron chi connectivity index (χ3n) is 4.91. The van der Waals surface area contributed by atoms with Crippen LogP contribution < -0.4 is 5.32 Å². The number of rotatable bonds is 6. The number of carbonyl (C=O) groups excluding carboxylic acids is 1. The van der Waals surface area contributed by atoms with Crippen molar-refractivity contribution in [2.45, 2.75) is 13.3 Å². The maximum Gasteiger partial charge on any atom is 0.291 e. The predicted molar refractivity (Wildman–Crippen MR) is 122 cm³/mol. The van der Waals surface area contributed by atoms with Gasteiger partial charge in [-0.3, -0.25) is 14.9 Å². The second kappa shape index (κ2) is 8.28. The minimum absolute atomic E-state index is 0.0526. The average molecular weight is 460 g/mol. The summed E-state index contributed by atoms with van der Waals surface area (Å²) in [6.07, 6.45) is 0.724. The molecule has 0 atom stereocenters. The summed E-state index contributed by atoms with van der Waals surface area (Å²) < 4.78 is 7.37. The van der Waals surface area contributed by atoms with Crippen molar-refractivity contribution in [3.8, 4) is 21.9 Å². The zero-order valence-corrected chi connectivity index (χ0v) is 18.1. The van der Waals surface area contributed by atoms with Gasteiger partial charge in [-0.2, -0.15) is 9.61 Å². The quantitative estimate of drug-likeness (QED) is 0.284. The van der Waals surface area contributed by atoms with Crippen LogP contribution in [0.15, 0.2) is 65.1 Å². The Morgan fingerprint density at radius 3 is 2.76 bits per heavy atom. The Labute approximate surface area is 190 Å². The Balaban J connectivity index is 1.36. The number of non-ortho nitro benzene ring substituents is 1. The van der Waals surface area contributed by atoms with E-state index >= 15 is 0 Å². The molecule has 0 fully saturated rings. The fourth-order valence-electron chi connectivity index (χ4n) is 3.31. The Bertz CT molecular complexity index is 1500. The second-order valence-electron chi connectivity index (χ2n) is 7.08. The monoisotopic (exact) mass is 460 g/mol. The number of benzene rings is 2. The Hall–Kier alpha value is -4.38. The van der Waals surface area contributed by atoms with E-state index in [1.54, 1.807) is 28.8 Å². The van der Waals surface area contributed by atoms with E-state index in [1.165, 1.54) is 29.5 Å². The van der Waals surface area contributed by atoms with Crippen molar-refractivity contribution in [2.24, 2.45) is 0 Å². The summed E-state index contributed by atoms with van der Waals surface area (Å²) in [5, 5.41) is 27.4. The molecular formula is C22H16N6O4S. The number of nitrogens with one attached hydrogen (secondary N) is 1. The van der Waals surface area contributed by atoms with Gasteiger partial charge in [-0.25, -0.2) is 0 Å². The number of aryl methyl sites for hydroxylation is 1. The van der Waals surface area contributed by atoms with Crippen LogP contribution in [0.2, 0.25) is 0 Å². The summed E-state index contributed by atoms with van der Waals surface area (Å²) in [7, 11) is 0. The van der Waals surface area contributed by atoms with E-state index in [9.17, 15) is 14.9 Å². The van der Waals surface area contributed by atoms with Gasteiger partial charge in [0, 0.05) is 35.4 Å². The van der Waals surface area contributed by atoms with Crippen LogP contribution in [0.5, 0.6) is 0 Å². The van der Waals surface area contributed by atoms with Crippen LogP contribution in [0.25, 0.3) is 26.9 Å². The van der Waals surface area contributed by atoms with Crippen LogP contribution in [0.3, 0.4) is 0 Å². The molecule has 0 bridgehead atoms. The molecule has 5 aromatic rings. The highest BCUT2D eigenvalue weighted by Crippen LogP contribution is 2.29. The van der Waals surface area contributed by atoms with Crippen molar-refractivity contribution in [1.29, 1.82) is 0 Å². The molecule has 3 heterocycles. The highest BCUT2D eigenvalue weighted by Gasteiger charge is 2.16. The number of nitro benzene ring substituents is 1. The fourth-order valence-corrected chi connectivity index (χ4v) is 4.16. The van der Waals surface area contributed by atoms with Crippen LogP contribution in [-0.4, -0.2) is 30.6 Å². The predicted octanol–water partition coefficient (Wildman–Crippen LogP) is 4.84. The van der Waals surface area contributed by atoms with E-state index in [2.05, 4.69) is 20.6 Å². The minimum Gasteiger partial charge on any atom is -0.451 e. The van der Waals surface area contributed by atoms with Gasteiger partial charge >= 0.3 is 0 Å². The standard InChI is InChI=1S/C22H16N6O4S/c1-2-19-24-25-22-27(19)26-21(33-22)14-6-3-7-15(11-14)23-20(29)18-10-9-17(32-18)13-5-4-8-16(12-13)28(30)31/h3-12H,2H2,1H3,(H,23,29). The summed E-state index contributed by atoms with van der Waals surface area (Å²) in [4.78, 5) is 23.9. The maximum absolute atomic E-state index is 12.7. The van der Waals surface area contributed by atoms with E-state index in [-0.39, 0.29) is 11.4 Å². The zero-order chi connectivity index (χ0) is 22.9. The molecule has 164 valence electrons. The molecule has 0 saturated carbocycles. The highest BCUT2D eigenvalue weighted by molar-refractivity contribution is 7.19. The second-order valence-corrected chi connectivity index (χ2v) is 8.03. The van der Waals surface area contributed by atoms with Gasteiger partial charge in [0.15, 0.2) is 11.6 Å². The lowest BCUT2D eigenvalue weighted by Crippen LogP contribution is -2.10. The van der Waals surface area contributed by atoms with Crippen LogP contribution in [0.4, 0.5) is 11.4 Å². The summed E-state index contributed by atoms with van der Waals surface area (Å²) in [5.41, 5.74) is 1.87. The number of carbonyl (C=O) groups is 1. The number of nitro groups is 1. The molecule has 5 rings (SSSR count). The van der Waals surface area contributed by atoms with Crippen LogP contribution in [0.1, 0.15) is 23.3 Å². The van der Waals surface area contributed by atoms with E-state index in [0.29, 0.717) is 22.0 Å². The normalized spacial score (nSPS) is 11.1. The molecule has 0 radical (unpaired) electrons. The minimum atomic E-state index is -0.480. The van der Waals surface area contributed by atoms with Gasteiger partial charge in [0.05, 0.1) is 4.92 Å². The smallest absolute Gasteiger partial charge is 0.291 e. The zero-order valence-electron chi connectivity index (χ0n) is 17.3. The maximum atomic E-state index is 12.7. The number of hydrogen-bond donors (Lipinski definition) is 1. The van der Waals surface area contributed by atoms with Crippen molar-refractivity contribution in [3.63, 3.8) is 0 Å². The van der Waals surface area contributed by atoms with Gasteiger partial charge in [0.25, 0.3) is 11.6 Å².